The minimum absolute atomic E-state index is 0.172. The summed E-state index contributed by atoms with van der Waals surface area (Å²) in [6.07, 6.45) is 3.34. The van der Waals surface area contributed by atoms with E-state index in [0.29, 0.717) is 5.76 Å². The first-order valence-electron chi connectivity index (χ1n) is 5.70. The number of aromatic nitrogens is 1. The summed E-state index contributed by atoms with van der Waals surface area (Å²) < 4.78 is 4.92. The molecule has 16 heavy (non-hydrogen) atoms. The average molecular weight is 223 g/mol. The second-order valence-corrected chi connectivity index (χ2v) is 4.20. The van der Waals surface area contributed by atoms with Crippen LogP contribution in [0.2, 0.25) is 0 Å². The van der Waals surface area contributed by atoms with Gasteiger partial charge in [0.1, 0.15) is 0 Å². The molecule has 2 rings (SSSR count). The third kappa shape index (κ3) is 2.82. The molecular formula is C11H17N3O2. The van der Waals surface area contributed by atoms with Crippen LogP contribution in [-0.4, -0.2) is 30.2 Å². The Morgan fingerprint density at radius 1 is 1.62 bits per heavy atom. The molecule has 5 nitrogen and oxygen atoms in total. The highest BCUT2D eigenvalue weighted by atomic mass is 16.5. The fourth-order valence-electron chi connectivity index (χ4n) is 1.87. The number of nitrogens with one attached hydrogen (secondary N) is 2. The number of amides is 1. The van der Waals surface area contributed by atoms with E-state index in [9.17, 15) is 4.79 Å². The molecule has 1 unspecified atom stereocenters. The molecule has 1 aliphatic rings. The average Bonchev–Trinajstić information content (AvgIpc) is 2.54. The Balaban J connectivity index is 1.90. The van der Waals surface area contributed by atoms with E-state index in [-0.39, 0.29) is 11.9 Å². The van der Waals surface area contributed by atoms with Crippen molar-refractivity contribution in [3.63, 3.8) is 0 Å². The van der Waals surface area contributed by atoms with Gasteiger partial charge in [-0.15, -0.1) is 0 Å². The Morgan fingerprint density at radius 3 is 3.25 bits per heavy atom. The van der Waals surface area contributed by atoms with E-state index < -0.39 is 0 Å². The van der Waals surface area contributed by atoms with E-state index in [2.05, 4.69) is 15.8 Å². The van der Waals surface area contributed by atoms with Gasteiger partial charge in [0.15, 0.2) is 0 Å². The van der Waals surface area contributed by atoms with Crippen LogP contribution in [-0.2, 0) is 0 Å². The largest absolute Gasteiger partial charge is 0.351 e. The predicted molar refractivity (Wildman–Crippen MR) is 59.2 cm³/mol. The van der Waals surface area contributed by atoms with Gasteiger partial charge in [0.25, 0.3) is 5.91 Å². The third-order valence-electron chi connectivity index (χ3n) is 2.73. The van der Waals surface area contributed by atoms with Crippen molar-refractivity contribution < 1.29 is 9.32 Å². The van der Waals surface area contributed by atoms with Gasteiger partial charge >= 0.3 is 0 Å². The molecule has 1 aliphatic heterocycles. The summed E-state index contributed by atoms with van der Waals surface area (Å²) in [5, 5.41) is 9.95. The van der Waals surface area contributed by atoms with Crippen LogP contribution < -0.4 is 10.6 Å². The van der Waals surface area contributed by atoms with Crippen LogP contribution in [0.4, 0.5) is 0 Å². The van der Waals surface area contributed by atoms with Crippen LogP contribution in [0.25, 0.3) is 0 Å². The molecule has 2 N–H and O–H groups in total. The molecule has 1 fully saturated rings. The lowest BCUT2D eigenvalue weighted by Crippen LogP contribution is -2.40. The van der Waals surface area contributed by atoms with Crippen molar-refractivity contribution in [2.75, 3.05) is 13.1 Å². The normalized spacial score (nSPS) is 21.4. The maximum Gasteiger partial charge on any atom is 0.290 e. The van der Waals surface area contributed by atoms with Crippen LogP contribution in [0.15, 0.2) is 10.6 Å². The molecule has 0 aliphatic carbocycles. The summed E-state index contributed by atoms with van der Waals surface area (Å²) in [6, 6.07) is 1.85. The van der Waals surface area contributed by atoms with Crippen molar-refractivity contribution in [3.05, 3.63) is 17.5 Å². The van der Waals surface area contributed by atoms with Crippen molar-refractivity contribution in [1.29, 1.82) is 0 Å². The summed E-state index contributed by atoms with van der Waals surface area (Å²) in [6.45, 7) is 3.67. The van der Waals surface area contributed by atoms with Gasteiger partial charge in [-0.25, -0.2) is 0 Å². The first-order chi connectivity index (χ1) is 7.75. The fraction of sp³-hybridized carbons (Fsp3) is 0.636. The molecule has 5 heteroatoms. The Bertz CT molecular complexity index is 354. The topological polar surface area (TPSA) is 67.2 Å². The van der Waals surface area contributed by atoms with Gasteiger partial charge in [-0.2, -0.15) is 0 Å². The maximum atomic E-state index is 11.8. The number of aryl methyl sites for hydroxylation is 1. The van der Waals surface area contributed by atoms with Crippen LogP contribution in [0.1, 0.15) is 35.5 Å². The summed E-state index contributed by atoms with van der Waals surface area (Å²) in [5.74, 6) is 0.121. The van der Waals surface area contributed by atoms with E-state index in [1.54, 1.807) is 13.0 Å². The molecule has 0 aromatic carbocycles. The lowest BCUT2D eigenvalue weighted by molar-refractivity contribution is 0.0898. The van der Waals surface area contributed by atoms with Crippen LogP contribution >= 0.6 is 0 Å². The molecule has 1 saturated heterocycles. The predicted octanol–water partition coefficient (Wildman–Crippen LogP) is 0.855. The highest BCUT2D eigenvalue weighted by Gasteiger charge is 2.17. The molecule has 88 valence electrons. The molecule has 0 bridgehead atoms. The first kappa shape index (κ1) is 11.1. The Hall–Kier alpha value is -1.36. The standard InChI is InChI=1S/C11H17N3O2/c1-8-6-10(16-14-8)11(15)13-9-4-2-3-5-12-7-9/h6,9,12H,2-5,7H2,1H3,(H,13,15). The molecule has 0 radical (unpaired) electrons. The maximum absolute atomic E-state index is 11.8. The molecule has 1 aromatic rings. The number of hydrogen-bond donors (Lipinski definition) is 2. The highest BCUT2D eigenvalue weighted by Crippen LogP contribution is 2.06. The van der Waals surface area contributed by atoms with Crippen LogP contribution in [0.5, 0.6) is 0 Å². The summed E-state index contributed by atoms with van der Waals surface area (Å²) in [4.78, 5) is 11.8. The quantitative estimate of drug-likeness (QED) is 0.780. The SMILES string of the molecule is Cc1cc(C(=O)NC2CCCCNC2)on1. The third-order valence-corrected chi connectivity index (χ3v) is 2.73. The van der Waals surface area contributed by atoms with Crippen molar-refractivity contribution in [2.24, 2.45) is 0 Å². The number of rotatable bonds is 2. The molecule has 1 aromatic heterocycles. The highest BCUT2D eigenvalue weighted by molar-refractivity contribution is 5.91. The second-order valence-electron chi connectivity index (χ2n) is 4.20. The molecule has 2 heterocycles. The first-order valence-corrected chi connectivity index (χ1v) is 5.70. The zero-order chi connectivity index (χ0) is 11.4. The van der Waals surface area contributed by atoms with Crippen molar-refractivity contribution >= 4 is 5.91 Å². The van der Waals surface area contributed by atoms with Gasteiger partial charge in [-0.3, -0.25) is 4.79 Å². The van der Waals surface area contributed by atoms with Crippen molar-refractivity contribution in [3.8, 4) is 0 Å². The Labute approximate surface area is 94.6 Å². The molecule has 0 saturated carbocycles. The van der Waals surface area contributed by atoms with E-state index in [1.807, 2.05) is 0 Å². The number of carbonyl (C=O) groups excluding carboxylic acids is 1. The molecule has 0 spiro atoms. The minimum Gasteiger partial charge on any atom is -0.351 e. The van der Waals surface area contributed by atoms with Crippen molar-refractivity contribution in [1.82, 2.24) is 15.8 Å². The lowest BCUT2D eigenvalue weighted by Gasteiger charge is -2.14. The summed E-state index contributed by atoms with van der Waals surface area (Å²) in [5.41, 5.74) is 0.726. The molecule has 1 atom stereocenters. The van der Waals surface area contributed by atoms with E-state index in [1.165, 1.54) is 6.42 Å². The van der Waals surface area contributed by atoms with E-state index >= 15 is 0 Å². The molecular weight excluding hydrogens is 206 g/mol. The van der Waals surface area contributed by atoms with Gasteiger partial charge < -0.3 is 15.2 Å². The number of carbonyl (C=O) groups is 1. The monoisotopic (exact) mass is 223 g/mol. The molecule has 1 amide bonds. The van der Waals surface area contributed by atoms with Crippen LogP contribution in [0, 0.1) is 6.92 Å². The number of hydrogen-bond acceptors (Lipinski definition) is 4. The summed E-state index contributed by atoms with van der Waals surface area (Å²) in [7, 11) is 0. The van der Waals surface area contributed by atoms with Gasteiger partial charge in [0.05, 0.1) is 5.69 Å². The zero-order valence-corrected chi connectivity index (χ0v) is 9.45. The second kappa shape index (κ2) is 5.12. The summed E-state index contributed by atoms with van der Waals surface area (Å²) >= 11 is 0. The Kier molecular flexibility index (Phi) is 3.56. The van der Waals surface area contributed by atoms with E-state index in [0.717, 1.165) is 31.6 Å². The fourth-order valence-corrected chi connectivity index (χ4v) is 1.87. The van der Waals surface area contributed by atoms with E-state index in [4.69, 9.17) is 4.52 Å². The smallest absolute Gasteiger partial charge is 0.290 e. The van der Waals surface area contributed by atoms with Gasteiger partial charge in [0.2, 0.25) is 5.76 Å². The van der Waals surface area contributed by atoms with Gasteiger partial charge in [-0.05, 0) is 26.3 Å². The van der Waals surface area contributed by atoms with Gasteiger partial charge in [0, 0.05) is 18.7 Å². The van der Waals surface area contributed by atoms with Gasteiger partial charge in [-0.1, -0.05) is 11.6 Å². The van der Waals surface area contributed by atoms with Crippen molar-refractivity contribution in [2.45, 2.75) is 32.2 Å². The minimum atomic E-state index is -0.172. The number of nitrogens with zero attached hydrogens (tertiary/aromatic N) is 1. The Morgan fingerprint density at radius 2 is 2.50 bits per heavy atom. The zero-order valence-electron chi connectivity index (χ0n) is 9.45. The van der Waals surface area contributed by atoms with Crippen LogP contribution in [0.3, 0.4) is 0 Å². The lowest BCUT2D eigenvalue weighted by atomic mass is 10.1.